The minimum absolute atomic E-state index is 0.499. The highest BCUT2D eigenvalue weighted by atomic mass is 14.9. The lowest BCUT2D eigenvalue weighted by Gasteiger charge is -2.07. The molecule has 3 aromatic rings. The molecule has 19 heavy (non-hydrogen) atoms. The molecule has 2 heterocycles. The Morgan fingerprint density at radius 1 is 0.947 bits per heavy atom. The van der Waals surface area contributed by atoms with E-state index in [0.29, 0.717) is 11.8 Å². The van der Waals surface area contributed by atoms with Crippen LogP contribution < -0.4 is 0 Å². The maximum Gasteiger partial charge on any atom is 0.138 e. The summed E-state index contributed by atoms with van der Waals surface area (Å²) < 4.78 is 0. The van der Waals surface area contributed by atoms with Gasteiger partial charge in [0.15, 0.2) is 0 Å². The molecule has 0 aliphatic carbocycles. The number of pyridine rings is 1. The van der Waals surface area contributed by atoms with Crippen LogP contribution in [0.5, 0.6) is 0 Å². The number of hydrogen-bond donors (Lipinski definition) is 1. The van der Waals surface area contributed by atoms with Gasteiger partial charge in [0.2, 0.25) is 0 Å². The van der Waals surface area contributed by atoms with Gasteiger partial charge in [0.25, 0.3) is 0 Å². The quantitative estimate of drug-likeness (QED) is 0.686. The minimum Gasteiger partial charge on any atom is -0.343 e. The highest BCUT2D eigenvalue weighted by Crippen LogP contribution is 2.28. The third-order valence-electron chi connectivity index (χ3n) is 3.80. The summed E-state index contributed by atoms with van der Waals surface area (Å²) in [5.41, 5.74) is 3.62. The number of aromatic nitrogens is 2. The lowest BCUT2D eigenvalue weighted by molar-refractivity contribution is 0.835. The molecule has 0 aliphatic rings. The molecule has 1 N–H and O–H groups in total. The van der Waals surface area contributed by atoms with Crippen molar-refractivity contribution in [2.75, 3.05) is 0 Å². The summed E-state index contributed by atoms with van der Waals surface area (Å²) in [6.45, 7) is 8.84. The van der Waals surface area contributed by atoms with E-state index < -0.39 is 0 Å². The number of fused-ring (bicyclic) bond motifs is 3. The van der Waals surface area contributed by atoms with Gasteiger partial charge in [-0.2, -0.15) is 0 Å². The summed E-state index contributed by atoms with van der Waals surface area (Å²) in [7, 11) is 0. The molecule has 0 unspecified atom stereocenters. The smallest absolute Gasteiger partial charge is 0.138 e. The predicted molar refractivity (Wildman–Crippen MR) is 81.8 cm³/mol. The maximum atomic E-state index is 4.56. The Morgan fingerprint density at radius 2 is 1.74 bits per heavy atom. The van der Waals surface area contributed by atoms with Gasteiger partial charge in [0.1, 0.15) is 5.65 Å². The molecule has 2 nitrogen and oxygen atoms in total. The summed E-state index contributed by atoms with van der Waals surface area (Å²) in [5, 5.41) is 3.75. The van der Waals surface area contributed by atoms with Crippen molar-refractivity contribution in [1.29, 1.82) is 0 Å². The first-order chi connectivity index (χ1) is 9.06. The zero-order valence-corrected chi connectivity index (χ0v) is 12.0. The summed E-state index contributed by atoms with van der Waals surface area (Å²) >= 11 is 0. The molecule has 0 spiro atoms. The molecule has 98 valence electrons. The SMILES string of the molecule is CC(C)c1ccc2c(cnc3[nH]c(C(C)C)cc32)c1. The Hall–Kier alpha value is -1.83. The lowest BCUT2D eigenvalue weighted by atomic mass is 9.99. The van der Waals surface area contributed by atoms with E-state index in [1.54, 1.807) is 0 Å². The van der Waals surface area contributed by atoms with Gasteiger partial charge in [0.05, 0.1) is 0 Å². The fourth-order valence-corrected chi connectivity index (χ4v) is 2.51. The molecule has 0 bridgehead atoms. The van der Waals surface area contributed by atoms with Crippen molar-refractivity contribution in [2.24, 2.45) is 0 Å². The molecular weight excluding hydrogens is 232 g/mol. The van der Waals surface area contributed by atoms with Gasteiger partial charge in [-0.05, 0) is 34.9 Å². The zero-order chi connectivity index (χ0) is 13.6. The molecule has 0 saturated heterocycles. The highest BCUT2D eigenvalue weighted by Gasteiger charge is 2.09. The van der Waals surface area contributed by atoms with Gasteiger partial charge in [-0.1, -0.05) is 39.8 Å². The second-order valence-corrected chi connectivity index (χ2v) is 5.90. The van der Waals surface area contributed by atoms with Crippen LogP contribution in [0.15, 0.2) is 30.5 Å². The Morgan fingerprint density at radius 3 is 2.42 bits per heavy atom. The Labute approximate surface area is 113 Å². The fraction of sp³-hybridized carbons (Fsp3) is 0.353. The number of H-pyrrole nitrogens is 1. The molecule has 0 atom stereocenters. The summed E-state index contributed by atoms with van der Waals surface area (Å²) in [6.07, 6.45) is 1.98. The van der Waals surface area contributed by atoms with E-state index in [4.69, 9.17) is 0 Å². The molecule has 0 radical (unpaired) electrons. The molecule has 2 aromatic heterocycles. The van der Waals surface area contributed by atoms with Crippen LogP contribution in [-0.4, -0.2) is 9.97 Å². The van der Waals surface area contributed by atoms with Crippen molar-refractivity contribution >= 4 is 21.8 Å². The van der Waals surface area contributed by atoms with Crippen LogP contribution in [0, 0.1) is 0 Å². The second-order valence-electron chi connectivity index (χ2n) is 5.90. The van der Waals surface area contributed by atoms with Crippen molar-refractivity contribution in [3.05, 3.63) is 41.7 Å². The Kier molecular flexibility index (Phi) is 2.81. The third-order valence-corrected chi connectivity index (χ3v) is 3.80. The van der Waals surface area contributed by atoms with Gasteiger partial charge < -0.3 is 4.98 Å². The number of nitrogens with one attached hydrogen (secondary N) is 1. The average Bonchev–Trinajstić information content (AvgIpc) is 2.82. The van der Waals surface area contributed by atoms with Gasteiger partial charge in [-0.15, -0.1) is 0 Å². The standard InChI is InChI=1S/C17H20N2/c1-10(2)12-5-6-14-13(7-12)9-18-17-15(14)8-16(19-17)11(3)4/h5-11H,1-4H3,(H,18,19). The number of hydrogen-bond acceptors (Lipinski definition) is 1. The first-order valence-electron chi connectivity index (χ1n) is 6.97. The van der Waals surface area contributed by atoms with Crippen molar-refractivity contribution in [1.82, 2.24) is 9.97 Å². The number of rotatable bonds is 2. The van der Waals surface area contributed by atoms with Crippen LogP contribution in [-0.2, 0) is 0 Å². The van der Waals surface area contributed by atoms with Crippen molar-refractivity contribution < 1.29 is 0 Å². The van der Waals surface area contributed by atoms with Crippen LogP contribution in [0.2, 0.25) is 0 Å². The number of aromatic amines is 1. The molecule has 2 heteroatoms. The fourth-order valence-electron chi connectivity index (χ4n) is 2.51. The highest BCUT2D eigenvalue weighted by molar-refractivity contribution is 6.05. The van der Waals surface area contributed by atoms with Crippen LogP contribution in [0.1, 0.15) is 50.8 Å². The number of nitrogens with zero attached hydrogens (tertiary/aromatic N) is 1. The van der Waals surface area contributed by atoms with Crippen LogP contribution in [0.4, 0.5) is 0 Å². The normalized spacial score (nSPS) is 12.1. The van der Waals surface area contributed by atoms with E-state index in [-0.39, 0.29) is 0 Å². The molecule has 1 aromatic carbocycles. The molecule has 0 fully saturated rings. The van der Waals surface area contributed by atoms with Crippen LogP contribution >= 0.6 is 0 Å². The van der Waals surface area contributed by atoms with Crippen molar-refractivity contribution in [2.45, 2.75) is 39.5 Å². The molecule has 0 aliphatic heterocycles. The molecule has 3 rings (SSSR count). The molecular formula is C17H20N2. The van der Waals surface area contributed by atoms with E-state index in [2.05, 4.69) is 61.9 Å². The first-order valence-corrected chi connectivity index (χ1v) is 6.97. The largest absolute Gasteiger partial charge is 0.343 e. The van der Waals surface area contributed by atoms with Gasteiger partial charge in [-0.3, -0.25) is 0 Å². The van der Waals surface area contributed by atoms with E-state index in [0.717, 1.165) is 5.65 Å². The van der Waals surface area contributed by atoms with Crippen molar-refractivity contribution in [3.63, 3.8) is 0 Å². The van der Waals surface area contributed by atoms with Gasteiger partial charge in [0, 0.05) is 22.7 Å². The second kappa shape index (κ2) is 4.37. The van der Waals surface area contributed by atoms with E-state index in [1.807, 2.05) is 6.20 Å². The van der Waals surface area contributed by atoms with E-state index in [1.165, 1.54) is 27.4 Å². The topological polar surface area (TPSA) is 28.7 Å². The first kappa shape index (κ1) is 12.2. The molecule has 0 amide bonds. The van der Waals surface area contributed by atoms with Gasteiger partial charge in [-0.25, -0.2) is 4.98 Å². The maximum absolute atomic E-state index is 4.56. The lowest BCUT2D eigenvalue weighted by Crippen LogP contribution is -1.88. The minimum atomic E-state index is 0.499. The Bertz CT molecular complexity index is 735. The predicted octanol–water partition coefficient (Wildman–Crippen LogP) is 4.96. The average molecular weight is 252 g/mol. The third kappa shape index (κ3) is 2.01. The van der Waals surface area contributed by atoms with E-state index >= 15 is 0 Å². The monoisotopic (exact) mass is 252 g/mol. The Balaban J connectivity index is 2.28. The van der Waals surface area contributed by atoms with E-state index in [9.17, 15) is 0 Å². The zero-order valence-electron chi connectivity index (χ0n) is 12.0. The van der Waals surface area contributed by atoms with Crippen LogP contribution in [0.25, 0.3) is 21.8 Å². The molecule has 0 saturated carbocycles. The number of benzene rings is 1. The summed E-state index contributed by atoms with van der Waals surface area (Å²) in [4.78, 5) is 7.97. The van der Waals surface area contributed by atoms with Gasteiger partial charge >= 0.3 is 0 Å². The van der Waals surface area contributed by atoms with Crippen LogP contribution in [0.3, 0.4) is 0 Å². The van der Waals surface area contributed by atoms with Crippen molar-refractivity contribution in [3.8, 4) is 0 Å². The summed E-state index contributed by atoms with van der Waals surface area (Å²) in [6, 6.07) is 8.96. The summed E-state index contributed by atoms with van der Waals surface area (Å²) in [5.74, 6) is 1.05.